The quantitative estimate of drug-likeness (QED) is 0.839. The van der Waals surface area contributed by atoms with Crippen molar-refractivity contribution in [2.75, 3.05) is 18.8 Å². The normalized spacial score (nSPS) is 22.4. The van der Waals surface area contributed by atoms with Crippen molar-refractivity contribution in [3.05, 3.63) is 30.3 Å². The average Bonchev–Trinajstić information content (AvgIpc) is 2.40. The Hall–Kier alpha value is -0.710. The Labute approximate surface area is 125 Å². The second-order valence-electron chi connectivity index (χ2n) is 4.75. The van der Waals surface area contributed by atoms with Gasteiger partial charge in [-0.15, -0.1) is 24.2 Å². The van der Waals surface area contributed by atoms with Crippen LogP contribution < -0.4 is 10.6 Å². The molecule has 5 heteroatoms. The summed E-state index contributed by atoms with van der Waals surface area (Å²) in [4.78, 5) is 13.0. The molecule has 19 heavy (non-hydrogen) atoms. The zero-order valence-corrected chi connectivity index (χ0v) is 12.7. The van der Waals surface area contributed by atoms with Crippen LogP contribution in [0.1, 0.15) is 13.3 Å². The second kappa shape index (κ2) is 8.46. The molecule has 0 bridgehead atoms. The van der Waals surface area contributed by atoms with Gasteiger partial charge in [-0.05, 0) is 31.0 Å². The maximum atomic E-state index is 11.9. The van der Waals surface area contributed by atoms with Crippen LogP contribution in [0.3, 0.4) is 0 Å². The number of thioether (sulfide) groups is 1. The number of carbonyl (C=O) groups excluding carboxylic acids is 1. The van der Waals surface area contributed by atoms with Gasteiger partial charge in [-0.1, -0.05) is 25.1 Å². The zero-order valence-electron chi connectivity index (χ0n) is 11.1. The van der Waals surface area contributed by atoms with Gasteiger partial charge < -0.3 is 10.6 Å². The maximum Gasteiger partial charge on any atom is 0.230 e. The lowest BCUT2D eigenvalue weighted by atomic mass is 9.95. The first kappa shape index (κ1) is 16.3. The Morgan fingerprint density at radius 1 is 1.42 bits per heavy atom. The van der Waals surface area contributed by atoms with Gasteiger partial charge in [0.05, 0.1) is 5.75 Å². The van der Waals surface area contributed by atoms with E-state index in [-0.39, 0.29) is 24.4 Å². The van der Waals surface area contributed by atoms with E-state index in [4.69, 9.17) is 0 Å². The Balaban J connectivity index is 0.00000180. The summed E-state index contributed by atoms with van der Waals surface area (Å²) in [5.74, 6) is 1.19. The molecule has 2 rings (SSSR count). The molecule has 3 nitrogen and oxygen atoms in total. The fourth-order valence-electron chi connectivity index (χ4n) is 2.10. The molecular formula is C14H21ClN2OS. The van der Waals surface area contributed by atoms with Crippen LogP contribution in [-0.2, 0) is 4.79 Å². The summed E-state index contributed by atoms with van der Waals surface area (Å²) in [6.07, 6.45) is 1.14. The number of carbonyl (C=O) groups is 1. The Morgan fingerprint density at radius 3 is 2.84 bits per heavy atom. The molecule has 0 radical (unpaired) electrons. The largest absolute Gasteiger partial charge is 0.351 e. The van der Waals surface area contributed by atoms with Crippen molar-refractivity contribution < 1.29 is 4.79 Å². The van der Waals surface area contributed by atoms with E-state index in [9.17, 15) is 4.79 Å². The number of hydrogen-bond acceptors (Lipinski definition) is 3. The highest BCUT2D eigenvalue weighted by atomic mass is 35.5. The third-order valence-electron chi connectivity index (χ3n) is 3.29. The number of nitrogens with one attached hydrogen (secondary N) is 2. The summed E-state index contributed by atoms with van der Waals surface area (Å²) < 4.78 is 0. The predicted molar refractivity (Wildman–Crippen MR) is 83.0 cm³/mol. The van der Waals surface area contributed by atoms with Crippen molar-refractivity contribution >= 4 is 30.1 Å². The molecule has 1 aliphatic heterocycles. The van der Waals surface area contributed by atoms with Crippen LogP contribution in [0.5, 0.6) is 0 Å². The van der Waals surface area contributed by atoms with Gasteiger partial charge in [-0.2, -0.15) is 0 Å². The molecule has 1 amide bonds. The molecule has 2 N–H and O–H groups in total. The maximum absolute atomic E-state index is 11.9. The van der Waals surface area contributed by atoms with Crippen molar-refractivity contribution in [1.29, 1.82) is 0 Å². The third kappa shape index (κ3) is 5.43. The molecule has 1 heterocycles. The van der Waals surface area contributed by atoms with E-state index in [0.717, 1.165) is 24.4 Å². The molecule has 1 aromatic carbocycles. The van der Waals surface area contributed by atoms with Crippen LogP contribution in [0.4, 0.5) is 0 Å². The number of rotatable bonds is 4. The molecule has 0 aliphatic carbocycles. The molecule has 2 atom stereocenters. The van der Waals surface area contributed by atoms with Crippen molar-refractivity contribution in [3.8, 4) is 0 Å². The van der Waals surface area contributed by atoms with Crippen LogP contribution in [0.15, 0.2) is 35.2 Å². The minimum absolute atomic E-state index is 0. The lowest BCUT2D eigenvalue weighted by Gasteiger charge is -2.30. The standard InChI is InChI=1S/C14H20N2OS.ClH/c1-11-7-8-15-9-13(11)16-14(17)10-18-12-5-3-2-4-6-12;/h2-6,11,13,15H,7-10H2,1H3,(H,16,17);1H. The molecule has 0 aromatic heterocycles. The highest BCUT2D eigenvalue weighted by Gasteiger charge is 2.22. The summed E-state index contributed by atoms with van der Waals surface area (Å²) in [6.45, 7) is 4.16. The molecular weight excluding hydrogens is 280 g/mol. The molecule has 0 saturated carbocycles. The average molecular weight is 301 g/mol. The first-order valence-corrected chi connectivity index (χ1v) is 7.42. The van der Waals surface area contributed by atoms with E-state index in [0.29, 0.717) is 11.7 Å². The van der Waals surface area contributed by atoms with Gasteiger partial charge in [0.1, 0.15) is 0 Å². The minimum atomic E-state index is 0. The van der Waals surface area contributed by atoms with Crippen molar-refractivity contribution in [2.45, 2.75) is 24.3 Å². The van der Waals surface area contributed by atoms with Gasteiger partial charge in [0.2, 0.25) is 5.91 Å². The van der Waals surface area contributed by atoms with E-state index < -0.39 is 0 Å². The number of halogens is 1. The first-order valence-electron chi connectivity index (χ1n) is 6.43. The van der Waals surface area contributed by atoms with Gasteiger partial charge in [-0.3, -0.25) is 4.79 Å². The number of amides is 1. The van der Waals surface area contributed by atoms with Crippen molar-refractivity contribution in [1.82, 2.24) is 10.6 Å². The summed E-state index contributed by atoms with van der Waals surface area (Å²) in [5.41, 5.74) is 0. The number of hydrogen-bond donors (Lipinski definition) is 2. The number of benzene rings is 1. The van der Waals surface area contributed by atoms with Crippen LogP contribution in [0.2, 0.25) is 0 Å². The predicted octanol–water partition coefficient (Wildman–Crippen LogP) is 2.31. The lowest BCUT2D eigenvalue weighted by Crippen LogP contribution is -2.50. The van der Waals surface area contributed by atoms with Crippen LogP contribution in [0, 0.1) is 5.92 Å². The molecule has 2 unspecified atom stereocenters. The molecule has 1 aromatic rings. The topological polar surface area (TPSA) is 41.1 Å². The van der Waals surface area contributed by atoms with Gasteiger partial charge in [-0.25, -0.2) is 0 Å². The fraction of sp³-hybridized carbons (Fsp3) is 0.500. The van der Waals surface area contributed by atoms with Crippen LogP contribution in [-0.4, -0.2) is 30.8 Å². The molecule has 0 spiro atoms. The number of piperidine rings is 1. The Morgan fingerprint density at radius 2 is 2.16 bits per heavy atom. The molecule has 106 valence electrons. The Kier molecular flexibility index (Phi) is 7.28. The van der Waals surface area contributed by atoms with Crippen molar-refractivity contribution in [2.24, 2.45) is 5.92 Å². The minimum Gasteiger partial charge on any atom is -0.351 e. The molecule has 1 saturated heterocycles. The molecule has 1 fully saturated rings. The monoisotopic (exact) mass is 300 g/mol. The van der Waals surface area contributed by atoms with Gasteiger partial charge in [0.15, 0.2) is 0 Å². The van der Waals surface area contributed by atoms with Crippen molar-refractivity contribution in [3.63, 3.8) is 0 Å². The SMILES string of the molecule is CC1CCNCC1NC(=O)CSc1ccccc1.Cl. The fourth-order valence-corrected chi connectivity index (χ4v) is 2.83. The van der Waals surface area contributed by atoms with E-state index in [2.05, 4.69) is 17.6 Å². The third-order valence-corrected chi connectivity index (χ3v) is 4.30. The zero-order chi connectivity index (χ0) is 12.8. The van der Waals surface area contributed by atoms with E-state index >= 15 is 0 Å². The van der Waals surface area contributed by atoms with Gasteiger partial charge in [0.25, 0.3) is 0 Å². The van der Waals surface area contributed by atoms with E-state index in [1.165, 1.54) is 0 Å². The van der Waals surface area contributed by atoms with Crippen LogP contribution >= 0.6 is 24.2 Å². The summed E-state index contributed by atoms with van der Waals surface area (Å²) >= 11 is 1.59. The van der Waals surface area contributed by atoms with E-state index in [1.807, 2.05) is 30.3 Å². The van der Waals surface area contributed by atoms with E-state index in [1.54, 1.807) is 11.8 Å². The van der Waals surface area contributed by atoms with Crippen LogP contribution in [0.25, 0.3) is 0 Å². The van der Waals surface area contributed by atoms with Gasteiger partial charge >= 0.3 is 0 Å². The first-order chi connectivity index (χ1) is 8.75. The lowest BCUT2D eigenvalue weighted by molar-refractivity contribution is -0.119. The molecule has 1 aliphatic rings. The highest BCUT2D eigenvalue weighted by molar-refractivity contribution is 8.00. The summed E-state index contributed by atoms with van der Waals surface area (Å²) in [5, 5.41) is 6.44. The van der Waals surface area contributed by atoms with Gasteiger partial charge in [0, 0.05) is 17.5 Å². The smallest absolute Gasteiger partial charge is 0.230 e. The summed E-state index contributed by atoms with van der Waals surface area (Å²) in [6, 6.07) is 10.3. The summed E-state index contributed by atoms with van der Waals surface area (Å²) in [7, 11) is 0. The Bertz CT molecular complexity index is 388. The second-order valence-corrected chi connectivity index (χ2v) is 5.79. The highest BCUT2D eigenvalue weighted by Crippen LogP contribution is 2.17.